The summed E-state index contributed by atoms with van der Waals surface area (Å²) in [6.07, 6.45) is 2.88. The highest BCUT2D eigenvalue weighted by atomic mass is 14.7. The first-order valence-electron chi connectivity index (χ1n) is 5.64. The number of benzene rings is 1. The van der Waals surface area contributed by atoms with E-state index in [0.29, 0.717) is 0 Å². The van der Waals surface area contributed by atoms with Crippen LogP contribution in [0, 0.1) is 0 Å². The molecule has 1 heterocycles. The average molecular weight is 211 g/mol. The summed E-state index contributed by atoms with van der Waals surface area (Å²) in [5, 5.41) is 0. The van der Waals surface area contributed by atoms with Gasteiger partial charge in [0.25, 0.3) is 0 Å². The van der Waals surface area contributed by atoms with E-state index in [1.165, 1.54) is 5.56 Å². The van der Waals surface area contributed by atoms with Crippen molar-refractivity contribution >= 4 is 0 Å². The topological polar surface area (TPSA) is 12.9 Å². The SMILES string of the molecule is CC(C)(Cc1ccccc1)c1ccccn1. The van der Waals surface area contributed by atoms with Crippen LogP contribution in [0.4, 0.5) is 0 Å². The minimum absolute atomic E-state index is 0.0859. The predicted molar refractivity (Wildman–Crippen MR) is 67.4 cm³/mol. The van der Waals surface area contributed by atoms with Crippen LogP contribution in [0.25, 0.3) is 0 Å². The Morgan fingerprint density at radius 3 is 2.25 bits per heavy atom. The Labute approximate surface area is 97.2 Å². The number of aromatic nitrogens is 1. The van der Waals surface area contributed by atoms with Gasteiger partial charge >= 0.3 is 0 Å². The van der Waals surface area contributed by atoms with Gasteiger partial charge in [-0.3, -0.25) is 4.98 Å². The summed E-state index contributed by atoms with van der Waals surface area (Å²) in [5.41, 5.74) is 2.60. The molecule has 0 amide bonds. The van der Waals surface area contributed by atoms with Gasteiger partial charge in [0.15, 0.2) is 0 Å². The largest absolute Gasteiger partial charge is 0.261 e. The van der Waals surface area contributed by atoms with E-state index in [-0.39, 0.29) is 5.41 Å². The molecular weight excluding hydrogens is 194 g/mol. The Morgan fingerprint density at radius 2 is 1.62 bits per heavy atom. The van der Waals surface area contributed by atoms with Crippen LogP contribution in [0.5, 0.6) is 0 Å². The van der Waals surface area contributed by atoms with Crippen molar-refractivity contribution in [3.8, 4) is 0 Å². The monoisotopic (exact) mass is 211 g/mol. The van der Waals surface area contributed by atoms with Gasteiger partial charge in [0.05, 0.1) is 0 Å². The maximum Gasteiger partial charge on any atom is 0.0463 e. The van der Waals surface area contributed by atoms with Crippen molar-refractivity contribution in [2.24, 2.45) is 0 Å². The number of hydrogen-bond acceptors (Lipinski definition) is 1. The van der Waals surface area contributed by atoms with Gasteiger partial charge in [-0.05, 0) is 24.1 Å². The van der Waals surface area contributed by atoms with E-state index in [1.54, 1.807) is 0 Å². The lowest BCUT2D eigenvalue weighted by Crippen LogP contribution is -2.21. The third-order valence-corrected chi connectivity index (χ3v) is 2.85. The molecule has 1 aromatic carbocycles. The lowest BCUT2D eigenvalue weighted by atomic mass is 9.82. The van der Waals surface area contributed by atoms with Crippen LogP contribution in [0.15, 0.2) is 54.7 Å². The Morgan fingerprint density at radius 1 is 0.938 bits per heavy atom. The number of nitrogens with zero attached hydrogens (tertiary/aromatic N) is 1. The molecule has 0 radical (unpaired) electrons. The zero-order chi connectivity index (χ0) is 11.4. The van der Waals surface area contributed by atoms with Crippen molar-refractivity contribution in [1.82, 2.24) is 4.98 Å². The Hall–Kier alpha value is -1.63. The maximum absolute atomic E-state index is 4.45. The highest BCUT2D eigenvalue weighted by molar-refractivity contribution is 5.22. The van der Waals surface area contributed by atoms with E-state index in [9.17, 15) is 0 Å². The van der Waals surface area contributed by atoms with Crippen LogP contribution < -0.4 is 0 Å². The molecule has 0 atom stereocenters. The fourth-order valence-electron chi connectivity index (χ4n) is 1.96. The fraction of sp³-hybridized carbons (Fsp3) is 0.267. The first kappa shape index (κ1) is 10.9. The lowest BCUT2D eigenvalue weighted by molar-refractivity contribution is 0.505. The van der Waals surface area contributed by atoms with Crippen molar-refractivity contribution in [2.45, 2.75) is 25.7 Å². The summed E-state index contributed by atoms with van der Waals surface area (Å²) < 4.78 is 0. The van der Waals surface area contributed by atoms with Gasteiger partial charge in [0.2, 0.25) is 0 Å². The van der Waals surface area contributed by atoms with Crippen molar-refractivity contribution in [3.63, 3.8) is 0 Å². The molecule has 0 N–H and O–H groups in total. The van der Waals surface area contributed by atoms with Crippen LogP contribution in [0.2, 0.25) is 0 Å². The van der Waals surface area contributed by atoms with E-state index < -0.39 is 0 Å². The van der Waals surface area contributed by atoms with Gasteiger partial charge in [-0.15, -0.1) is 0 Å². The number of hydrogen-bond donors (Lipinski definition) is 0. The van der Waals surface area contributed by atoms with Gasteiger partial charge in [-0.2, -0.15) is 0 Å². The summed E-state index contributed by atoms with van der Waals surface area (Å²) in [7, 11) is 0. The minimum atomic E-state index is 0.0859. The predicted octanol–water partition coefficient (Wildman–Crippen LogP) is 3.60. The zero-order valence-corrected chi connectivity index (χ0v) is 9.85. The quantitative estimate of drug-likeness (QED) is 0.756. The smallest absolute Gasteiger partial charge is 0.0463 e. The van der Waals surface area contributed by atoms with Crippen molar-refractivity contribution < 1.29 is 0 Å². The molecule has 2 rings (SSSR count). The van der Waals surface area contributed by atoms with E-state index in [2.05, 4.69) is 61.3 Å². The minimum Gasteiger partial charge on any atom is -0.261 e. The highest BCUT2D eigenvalue weighted by Gasteiger charge is 2.21. The van der Waals surface area contributed by atoms with Crippen LogP contribution in [0.3, 0.4) is 0 Å². The Balaban J connectivity index is 2.21. The van der Waals surface area contributed by atoms with Gasteiger partial charge in [0.1, 0.15) is 0 Å². The summed E-state index contributed by atoms with van der Waals surface area (Å²) in [6, 6.07) is 16.7. The van der Waals surface area contributed by atoms with E-state index in [0.717, 1.165) is 12.1 Å². The number of rotatable bonds is 3. The molecule has 0 spiro atoms. The van der Waals surface area contributed by atoms with Gasteiger partial charge in [-0.1, -0.05) is 50.2 Å². The molecule has 0 saturated heterocycles. The average Bonchev–Trinajstić information content (AvgIpc) is 2.31. The Kier molecular flexibility index (Phi) is 3.04. The molecule has 16 heavy (non-hydrogen) atoms. The van der Waals surface area contributed by atoms with Gasteiger partial charge < -0.3 is 0 Å². The van der Waals surface area contributed by atoms with Gasteiger partial charge in [0, 0.05) is 17.3 Å². The molecule has 0 aliphatic heterocycles. The summed E-state index contributed by atoms with van der Waals surface area (Å²) in [5.74, 6) is 0. The lowest BCUT2D eigenvalue weighted by Gasteiger charge is -2.24. The summed E-state index contributed by atoms with van der Waals surface area (Å²) in [4.78, 5) is 4.45. The second kappa shape index (κ2) is 4.48. The second-order valence-electron chi connectivity index (χ2n) is 4.76. The van der Waals surface area contributed by atoms with E-state index >= 15 is 0 Å². The van der Waals surface area contributed by atoms with Crippen molar-refractivity contribution in [2.75, 3.05) is 0 Å². The van der Waals surface area contributed by atoms with Gasteiger partial charge in [-0.25, -0.2) is 0 Å². The maximum atomic E-state index is 4.45. The first-order valence-corrected chi connectivity index (χ1v) is 5.64. The normalized spacial score (nSPS) is 11.4. The Bertz CT molecular complexity index is 432. The molecule has 0 aliphatic rings. The molecule has 1 heteroatoms. The van der Waals surface area contributed by atoms with Crippen LogP contribution in [-0.4, -0.2) is 4.98 Å². The van der Waals surface area contributed by atoms with Crippen LogP contribution in [0.1, 0.15) is 25.1 Å². The molecule has 0 unspecified atom stereocenters. The highest BCUT2D eigenvalue weighted by Crippen LogP contribution is 2.25. The first-order chi connectivity index (χ1) is 7.68. The third kappa shape index (κ3) is 2.48. The number of pyridine rings is 1. The van der Waals surface area contributed by atoms with Crippen LogP contribution >= 0.6 is 0 Å². The molecule has 0 fully saturated rings. The summed E-state index contributed by atoms with van der Waals surface area (Å²) >= 11 is 0. The molecule has 0 bridgehead atoms. The third-order valence-electron chi connectivity index (χ3n) is 2.85. The fourth-order valence-corrected chi connectivity index (χ4v) is 1.96. The molecule has 82 valence electrons. The van der Waals surface area contributed by atoms with E-state index in [4.69, 9.17) is 0 Å². The molecule has 1 aromatic heterocycles. The van der Waals surface area contributed by atoms with Crippen molar-refractivity contribution in [1.29, 1.82) is 0 Å². The second-order valence-corrected chi connectivity index (χ2v) is 4.76. The molecule has 0 aliphatic carbocycles. The summed E-state index contributed by atoms with van der Waals surface area (Å²) in [6.45, 7) is 4.48. The molecule has 2 aromatic rings. The standard InChI is InChI=1S/C15H17N/c1-15(2,14-10-6-7-11-16-14)12-13-8-4-3-5-9-13/h3-11H,12H2,1-2H3. The molecular formula is C15H17N. The zero-order valence-electron chi connectivity index (χ0n) is 9.85. The molecule has 1 nitrogen and oxygen atoms in total. The van der Waals surface area contributed by atoms with E-state index in [1.807, 2.05) is 12.3 Å². The molecule has 0 saturated carbocycles. The van der Waals surface area contributed by atoms with Crippen molar-refractivity contribution in [3.05, 3.63) is 66.0 Å². The van der Waals surface area contributed by atoms with Crippen LogP contribution in [-0.2, 0) is 11.8 Å².